The highest BCUT2D eigenvalue weighted by atomic mass is 16.6. The van der Waals surface area contributed by atoms with Crippen molar-refractivity contribution in [3.05, 3.63) is 30.3 Å². The third-order valence-electron chi connectivity index (χ3n) is 2.54. The minimum Gasteiger partial charge on any atom is -0.428 e. The fourth-order valence-electron chi connectivity index (χ4n) is 1.33. The zero-order valence-electron chi connectivity index (χ0n) is 8.69. The minimum atomic E-state index is -0.0109. The molecule has 2 rings (SSSR count). The first-order valence-corrected chi connectivity index (χ1v) is 5.00. The van der Waals surface area contributed by atoms with Crippen molar-refractivity contribution in [2.45, 2.75) is 19.3 Å². The quantitative estimate of drug-likeness (QED) is 0.527. The maximum absolute atomic E-state index is 5.73. The molecule has 1 saturated heterocycles. The molecule has 14 heavy (non-hydrogen) atoms. The van der Waals surface area contributed by atoms with Crippen LogP contribution in [0.3, 0.4) is 0 Å². The lowest BCUT2D eigenvalue weighted by atomic mass is 9.64. The van der Waals surface area contributed by atoms with E-state index in [-0.39, 0.29) is 12.5 Å². The zero-order chi connectivity index (χ0) is 10.0. The van der Waals surface area contributed by atoms with Gasteiger partial charge in [-0.25, -0.2) is 0 Å². The molecule has 0 spiro atoms. The number of hydrogen-bond acceptors (Lipinski definition) is 2. The molecule has 3 heteroatoms. The Labute approximate surface area is 85.3 Å². The summed E-state index contributed by atoms with van der Waals surface area (Å²) in [6.45, 7) is 5.81. The third kappa shape index (κ3) is 2.37. The van der Waals surface area contributed by atoms with Crippen LogP contribution >= 0.6 is 0 Å². The van der Waals surface area contributed by atoms with Crippen LogP contribution in [0.5, 0.6) is 0 Å². The van der Waals surface area contributed by atoms with E-state index in [2.05, 4.69) is 25.9 Å². The molecule has 1 heterocycles. The average molecular weight is 190 g/mol. The summed E-state index contributed by atoms with van der Waals surface area (Å²) in [6, 6.07) is 10.2. The van der Waals surface area contributed by atoms with E-state index >= 15 is 0 Å². The van der Waals surface area contributed by atoms with Crippen molar-refractivity contribution in [1.29, 1.82) is 0 Å². The molecule has 0 radical (unpaired) electrons. The van der Waals surface area contributed by atoms with Gasteiger partial charge in [-0.1, -0.05) is 37.2 Å². The average Bonchev–Trinajstić information content (AvgIpc) is 2.95. The second kappa shape index (κ2) is 3.75. The summed E-state index contributed by atoms with van der Waals surface area (Å²) in [6.07, 6.45) is 0. The van der Waals surface area contributed by atoms with Gasteiger partial charge >= 0.3 is 6.92 Å². The fourth-order valence-corrected chi connectivity index (χ4v) is 1.33. The predicted octanol–water partition coefficient (Wildman–Crippen LogP) is 1.32. The van der Waals surface area contributed by atoms with E-state index < -0.39 is 0 Å². The molecule has 1 aromatic rings. The van der Waals surface area contributed by atoms with Gasteiger partial charge in [0.2, 0.25) is 0 Å². The van der Waals surface area contributed by atoms with Crippen molar-refractivity contribution in [3.63, 3.8) is 0 Å². The lowest BCUT2D eigenvalue weighted by molar-refractivity contribution is 0.206. The Morgan fingerprint density at radius 1 is 1.43 bits per heavy atom. The Morgan fingerprint density at radius 3 is 2.64 bits per heavy atom. The van der Waals surface area contributed by atoms with Gasteiger partial charge in [-0.05, 0) is 12.4 Å². The van der Waals surface area contributed by atoms with Crippen LogP contribution in [0.25, 0.3) is 0 Å². The second-order valence-electron chi connectivity index (χ2n) is 4.10. The standard InChI is InChI=1S/C11H15BO2/c1-11(8-13-11)9-14-12(2)10-6-4-3-5-7-10/h3-7H,8-9H2,1-2H3. The molecular weight excluding hydrogens is 175 g/mol. The van der Waals surface area contributed by atoms with Gasteiger partial charge in [0.05, 0.1) is 13.2 Å². The zero-order valence-corrected chi connectivity index (χ0v) is 8.69. The van der Waals surface area contributed by atoms with Crippen molar-refractivity contribution < 1.29 is 9.39 Å². The summed E-state index contributed by atoms with van der Waals surface area (Å²) >= 11 is 0. The first-order valence-electron chi connectivity index (χ1n) is 5.00. The fraction of sp³-hybridized carbons (Fsp3) is 0.455. The maximum Gasteiger partial charge on any atom is 0.323 e. The Hall–Kier alpha value is -0.795. The topological polar surface area (TPSA) is 21.8 Å². The molecule has 0 bridgehead atoms. The van der Waals surface area contributed by atoms with Crippen LogP contribution in [0.1, 0.15) is 6.92 Å². The molecule has 1 aliphatic rings. The van der Waals surface area contributed by atoms with Crippen LogP contribution in [-0.4, -0.2) is 25.7 Å². The summed E-state index contributed by atoms with van der Waals surface area (Å²) in [7, 11) is 0. The van der Waals surface area contributed by atoms with Crippen LogP contribution in [0.2, 0.25) is 6.82 Å². The second-order valence-corrected chi connectivity index (χ2v) is 4.10. The Balaban J connectivity index is 1.86. The first-order chi connectivity index (χ1) is 6.70. The van der Waals surface area contributed by atoms with Gasteiger partial charge in [0, 0.05) is 0 Å². The van der Waals surface area contributed by atoms with Crippen LogP contribution in [0.4, 0.5) is 0 Å². The van der Waals surface area contributed by atoms with Gasteiger partial charge in [0.15, 0.2) is 0 Å². The SMILES string of the molecule is CB(OCC1(C)CO1)c1ccccc1. The maximum atomic E-state index is 5.73. The number of epoxide rings is 1. The molecule has 1 fully saturated rings. The summed E-state index contributed by atoms with van der Waals surface area (Å²) < 4.78 is 11.0. The number of rotatable bonds is 4. The summed E-state index contributed by atoms with van der Waals surface area (Å²) in [5.41, 5.74) is 1.21. The number of hydrogen-bond donors (Lipinski definition) is 0. The van der Waals surface area contributed by atoms with Crippen molar-refractivity contribution in [3.8, 4) is 0 Å². The first kappa shape index (κ1) is 9.75. The highest BCUT2D eigenvalue weighted by Crippen LogP contribution is 2.25. The normalized spacial score (nSPS) is 24.7. The van der Waals surface area contributed by atoms with E-state index in [1.165, 1.54) is 5.46 Å². The lowest BCUT2D eigenvalue weighted by Gasteiger charge is -2.12. The van der Waals surface area contributed by atoms with Crippen LogP contribution in [0, 0.1) is 0 Å². The molecule has 1 aliphatic heterocycles. The van der Waals surface area contributed by atoms with Gasteiger partial charge in [0.25, 0.3) is 0 Å². The monoisotopic (exact) mass is 190 g/mol. The van der Waals surface area contributed by atoms with Gasteiger partial charge in [-0.2, -0.15) is 0 Å². The molecule has 0 amide bonds. The molecule has 0 N–H and O–H groups in total. The van der Waals surface area contributed by atoms with E-state index in [0.29, 0.717) is 6.61 Å². The smallest absolute Gasteiger partial charge is 0.323 e. The van der Waals surface area contributed by atoms with Crippen LogP contribution in [-0.2, 0) is 9.39 Å². The summed E-state index contributed by atoms with van der Waals surface area (Å²) in [5.74, 6) is 0. The van der Waals surface area contributed by atoms with Crippen molar-refractivity contribution in [1.82, 2.24) is 0 Å². The van der Waals surface area contributed by atoms with Crippen LogP contribution in [0.15, 0.2) is 30.3 Å². The summed E-state index contributed by atoms with van der Waals surface area (Å²) in [5, 5.41) is 0. The molecule has 0 saturated carbocycles. The van der Waals surface area contributed by atoms with Gasteiger partial charge in [-0.15, -0.1) is 0 Å². The number of benzene rings is 1. The van der Waals surface area contributed by atoms with Gasteiger partial charge < -0.3 is 9.39 Å². The molecular formula is C11H15BO2. The molecule has 1 unspecified atom stereocenters. The van der Waals surface area contributed by atoms with E-state index in [4.69, 9.17) is 9.39 Å². The van der Waals surface area contributed by atoms with E-state index in [9.17, 15) is 0 Å². The van der Waals surface area contributed by atoms with Crippen molar-refractivity contribution >= 4 is 12.4 Å². The number of ether oxygens (including phenoxy) is 1. The van der Waals surface area contributed by atoms with E-state index in [1.807, 2.05) is 18.2 Å². The Kier molecular flexibility index (Phi) is 2.61. The highest BCUT2D eigenvalue weighted by molar-refractivity contribution is 6.66. The van der Waals surface area contributed by atoms with Crippen LogP contribution < -0.4 is 5.46 Å². The van der Waals surface area contributed by atoms with Gasteiger partial charge in [0.1, 0.15) is 5.60 Å². The predicted molar refractivity (Wildman–Crippen MR) is 58.0 cm³/mol. The largest absolute Gasteiger partial charge is 0.428 e. The molecule has 0 aliphatic carbocycles. The third-order valence-corrected chi connectivity index (χ3v) is 2.54. The molecule has 74 valence electrons. The van der Waals surface area contributed by atoms with Gasteiger partial charge in [-0.3, -0.25) is 0 Å². The minimum absolute atomic E-state index is 0.0109. The Morgan fingerprint density at radius 2 is 2.07 bits per heavy atom. The lowest BCUT2D eigenvalue weighted by Crippen LogP contribution is -2.33. The van der Waals surface area contributed by atoms with Crippen molar-refractivity contribution in [2.75, 3.05) is 13.2 Å². The highest BCUT2D eigenvalue weighted by Gasteiger charge is 2.39. The molecule has 2 nitrogen and oxygen atoms in total. The Bertz CT molecular complexity index is 295. The molecule has 1 aromatic carbocycles. The molecule has 1 atom stereocenters. The van der Waals surface area contributed by atoms with Crippen molar-refractivity contribution in [2.24, 2.45) is 0 Å². The molecule has 0 aromatic heterocycles. The summed E-state index contributed by atoms with van der Waals surface area (Å²) in [4.78, 5) is 0. The van der Waals surface area contributed by atoms with E-state index in [0.717, 1.165) is 6.61 Å². The van der Waals surface area contributed by atoms with E-state index in [1.54, 1.807) is 0 Å².